The highest BCUT2D eigenvalue weighted by molar-refractivity contribution is 7.16. The number of amides is 1. The lowest BCUT2D eigenvalue weighted by atomic mass is 9.89. The van der Waals surface area contributed by atoms with Gasteiger partial charge in [-0.2, -0.15) is 4.99 Å². The van der Waals surface area contributed by atoms with Crippen LogP contribution in [0.1, 0.15) is 32.1 Å². The standard InChI is InChI=1S/C17H17FN2OS/c1-2-11-20-15-13(18)9-6-10-14(15)22-17(20)19-16(21)12-7-4-3-5-8-12/h1,6,9-10,12H,3-5,7-8,11H2. The van der Waals surface area contributed by atoms with E-state index in [1.165, 1.54) is 23.8 Å². The molecule has 22 heavy (non-hydrogen) atoms. The number of hydrogen-bond acceptors (Lipinski definition) is 2. The smallest absolute Gasteiger partial charge is 0.251 e. The molecule has 0 spiro atoms. The maximum absolute atomic E-state index is 14.1. The number of aromatic nitrogens is 1. The molecule has 114 valence electrons. The number of benzene rings is 1. The number of thiazole rings is 1. The molecule has 0 unspecified atom stereocenters. The Balaban J connectivity index is 2.07. The maximum atomic E-state index is 14.1. The summed E-state index contributed by atoms with van der Waals surface area (Å²) < 4.78 is 16.4. The van der Waals surface area contributed by atoms with E-state index in [0.29, 0.717) is 10.3 Å². The van der Waals surface area contributed by atoms with Crippen LogP contribution in [0.5, 0.6) is 0 Å². The Morgan fingerprint density at radius 2 is 2.18 bits per heavy atom. The van der Waals surface area contributed by atoms with Crippen molar-refractivity contribution in [2.75, 3.05) is 0 Å². The summed E-state index contributed by atoms with van der Waals surface area (Å²) in [5.74, 6) is 2.08. The van der Waals surface area contributed by atoms with Gasteiger partial charge in [0, 0.05) is 5.92 Å². The molecular formula is C17H17FN2OS. The third kappa shape index (κ3) is 2.84. The summed E-state index contributed by atoms with van der Waals surface area (Å²) in [6.07, 6.45) is 10.5. The Morgan fingerprint density at radius 1 is 1.41 bits per heavy atom. The second-order valence-corrected chi connectivity index (χ2v) is 6.56. The zero-order valence-electron chi connectivity index (χ0n) is 12.2. The molecule has 0 radical (unpaired) electrons. The van der Waals surface area contributed by atoms with Crippen molar-refractivity contribution in [1.29, 1.82) is 0 Å². The highest BCUT2D eigenvalue weighted by atomic mass is 32.1. The summed E-state index contributed by atoms with van der Waals surface area (Å²) in [5, 5.41) is 0. The number of hydrogen-bond donors (Lipinski definition) is 0. The van der Waals surface area contributed by atoms with Crippen LogP contribution in [0.25, 0.3) is 10.2 Å². The topological polar surface area (TPSA) is 34.4 Å². The highest BCUT2D eigenvalue weighted by Crippen LogP contribution is 2.25. The monoisotopic (exact) mass is 316 g/mol. The SMILES string of the molecule is C#CCn1c(=NC(=O)C2CCCCC2)sc2cccc(F)c21. The van der Waals surface area contributed by atoms with Crippen LogP contribution in [0, 0.1) is 24.1 Å². The molecule has 1 amide bonds. The number of fused-ring (bicyclic) bond motifs is 1. The van der Waals surface area contributed by atoms with Gasteiger partial charge in [-0.3, -0.25) is 4.79 Å². The van der Waals surface area contributed by atoms with Gasteiger partial charge in [0.15, 0.2) is 4.80 Å². The Hall–Kier alpha value is -1.93. The first-order valence-corrected chi connectivity index (χ1v) is 8.32. The number of halogens is 1. The van der Waals surface area contributed by atoms with E-state index in [-0.39, 0.29) is 24.2 Å². The predicted molar refractivity (Wildman–Crippen MR) is 85.8 cm³/mol. The average molecular weight is 316 g/mol. The minimum atomic E-state index is -0.337. The maximum Gasteiger partial charge on any atom is 0.251 e. The van der Waals surface area contributed by atoms with Crippen LogP contribution in [-0.2, 0) is 11.3 Å². The molecule has 1 heterocycles. The molecule has 1 saturated carbocycles. The van der Waals surface area contributed by atoms with Crippen molar-refractivity contribution in [2.45, 2.75) is 38.6 Å². The molecule has 1 fully saturated rings. The van der Waals surface area contributed by atoms with Crippen LogP contribution in [0.2, 0.25) is 0 Å². The minimum absolute atomic E-state index is 0.00287. The number of carbonyl (C=O) groups is 1. The largest absolute Gasteiger partial charge is 0.302 e. The highest BCUT2D eigenvalue weighted by Gasteiger charge is 2.21. The van der Waals surface area contributed by atoms with Gasteiger partial charge < -0.3 is 4.57 Å². The lowest BCUT2D eigenvalue weighted by molar-refractivity contribution is -0.122. The van der Waals surface area contributed by atoms with E-state index < -0.39 is 0 Å². The third-order valence-electron chi connectivity index (χ3n) is 4.06. The van der Waals surface area contributed by atoms with Gasteiger partial charge in [0.05, 0.1) is 16.8 Å². The number of terminal acetylenes is 1. The normalized spacial score (nSPS) is 16.8. The number of carbonyl (C=O) groups excluding carboxylic acids is 1. The Kier molecular flexibility index (Phi) is 4.39. The molecule has 1 aromatic heterocycles. The Bertz CT molecular complexity index is 806. The fourth-order valence-corrected chi connectivity index (χ4v) is 3.99. The summed E-state index contributed by atoms with van der Waals surface area (Å²) in [7, 11) is 0. The molecule has 3 rings (SSSR count). The van der Waals surface area contributed by atoms with Gasteiger partial charge in [0.25, 0.3) is 5.91 Å². The zero-order chi connectivity index (χ0) is 15.5. The lowest BCUT2D eigenvalue weighted by Gasteiger charge is -2.17. The zero-order valence-corrected chi connectivity index (χ0v) is 13.0. The van der Waals surface area contributed by atoms with Crippen LogP contribution >= 0.6 is 11.3 Å². The summed E-state index contributed by atoms with van der Waals surface area (Å²) in [5.41, 5.74) is 0.431. The van der Waals surface area contributed by atoms with Crippen LogP contribution in [0.3, 0.4) is 0 Å². The van der Waals surface area contributed by atoms with E-state index in [9.17, 15) is 9.18 Å². The van der Waals surface area contributed by atoms with Gasteiger partial charge in [0.2, 0.25) is 0 Å². The van der Waals surface area contributed by atoms with Crippen molar-refractivity contribution in [3.05, 3.63) is 28.8 Å². The third-order valence-corrected chi connectivity index (χ3v) is 5.11. The summed E-state index contributed by atoms with van der Waals surface area (Å²) in [4.78, 5) is 17.1. The van der Waals surface area contributed by atoms with E-state index in [0.717, 1.165) is 30.4 Å². The molecule has 1 aliphatic rings. The van der Waals surface area contributed by atoms with Gasteiger partial charge in [-0.15, -0.1) is 6.42 Å². The first-order chi connectivity index (χ1) is 10.7. The van der Waals surface area contributed by atoms with E-state index in [4.69, 9.17) is 6.42 Å². The molecule has 5 heteroatoms. The molecule has 0 aliphatic heterocycles. The van der Waals surface area contributed by atoms with E-state index in [1.807, 2.05) is 6.07 Å². The van der Waals surface area contributed by atoms with Crippen molar-refractivity contribution >= 4 is 27.5 Å². The van der Waals surface area contributed by atoms with Crippen molar-refractivity contribution in [1.82, 2.24) is 4.57 Å². The van der Waals surface area contributed by atoms with Gasteiger partial charge in [0.1, 0.15) is 5.82 Å². The van der Waals surface area contributed by atoms with Crippen molar-refractivity contribution in [2.24, 2.45) is 10.9 Å². The van der Waals surface area contributed by atoms with Crippen LogP contribution in [0.4, 0.5) is 4.39 Å². The van der Waals surface area contributed by atoms with E-state index in [2.05, 4.69) is 10.9 Å². The molecule has 0 atom stereocenters. The fourth-order valence-electron chi connectivity index (χ4n) is 2.95. The molecule has 0 N–H and O–H groups in total. The second-order valence-electron chi connectivity index (χ2n) is 5.55. The molecule has 0 saturated heterocycles. The molecule has 3 nitrogen and oxygen atoms in total. The van der Waals surface area contributed by atoms with E-state index >= 15 is 0 Å². The van der Waals surface area contributed by atoms with Gasteiger partial charge in [-0.05, 0) is 25.0 Å². The van der Waals surface area contributed by atoms with Gasteiger partial charge in [-0.1, -0.05) is 42.6 Å². The molecule has 2 aromatic rings. The summed E-state index contributed by atoms with van der Waals surface area (Å²) >= 11 is 1.31. The first-order valence-electron chi connectivity index (χ1n) is 7.50. The van der Waals surface area contributed by atoms with Gasteiger partial charge >= 0.3 is 0 Å². The second kappa shape index (κ2) is 6.45. The molecular weight excluding hydrogens is 299 g/mol. The number of para-hydroxylation sites is 1. The van der Waals surface area contributed by atoms with Crippen LogP contribution in [-0.4, -0.2) is 10.5 Å². The average Bonchev–Trinajstić information content (AvgIpc) is 2.87. The quantitative estimate of drug-likeness (QED) is 0.781. The van der Waals surface area contributed by atoms with Crippen molar-refractivity contribution in [3.63, 3.8) is 0 Å². The minimum Gasteiger partial charge on any atom is -0.302 e. The summed E-state index contributed by atoms with van der Waals surface area (Å²) in [6.45, 7) is 0.206. The predicted octanol–water partition coefficient (Wildman–Crippen LogP) is 3.48. The fraction of sp³-hybridized carbons (Fsp3) is 0.412. The molecule has 1 aliphatic carbocycles. The van der Waals surface area contributed by atoms with E-state index in [1.54, 1.807) is 10.6 Å². The number of nitrogens with zero attached hydrogens (tertiary/aromatic N) is 2. The van der Waals surface area contributed by atoms with Crippen molar-refractivity contribution < 1.29 is 9.18 Å². The summed E-state index contributed by atoms with van der Waals surface area (Å²) in [6, 6.07) is 4.87. The Labute approximate surface area is 132 Å². The lowest BCUT2D eigenvalue weighted by Crippen LogP contribution is -2.22. The molecule has 0 bridgehead atoms. The number of rotatable bonds is 2. The van der Waals surface area contributed by atoms with Gasteiger partial charge in [-0.25, -0.2) is 4.39 Å². The Morgan fingerprint density at radius 3 is 2.91 bits per heavy atom. The van der Waals surface area contributed by atoms with Crippen molar-refractivity contribution in [3.8, 4) is 12.3 Å². The molecule has 1 aromatic carbocycles. The van der Waals surface area contributed by atoms with Crippen LogP contribution < -0.4 is 4.80 Å². The first kappa shape index (κ1) is 15.0. The van der Waals surface area contributed by atoms with Crippen LogP contribution in [0.15, 0.2) is 23.2 Å².